The van der Waals surface area contributed by atoms with Gasteiger partial charge in [0, 0.05) is 23.0 Å². The largest absolute Gasteiger partial charge is 0.293 e. The van der Waals surface area contributed by atoms with Gasteiger partial charge in [-0.15, -0.1) is 0 Å². The maximum atomic E-state index is 12.3. The molecule has 2 aromatic heterocycles. The quantitative estimate of drug-likeness (QED) is 0.657. The molecule has 0 saturated carbocycles. The minimum atomic E-state index is 0.150. The summed E-state index contributed by atoms with van der Waals surface area (Å²) in [6.45, 7) is 0. The van der Waals surface area contributed by atoms with Gasteiger partial charge in [-0.3, -0.25) is 9.17 Å². The summed E-state index contributed by atoms with van der Waals surface area (Å²) in [4.78, 5) is 17.0. The van der Waals surface area contributed by atoms with Gasteiger partial charge in [-0.1, -0.05) is 0 Å². The van der Waals surface area contributed by atoms with E-state index in [0.29, 0.717) is 5.39 Å². The van der Waals surface area contributed by atoms with Gasteiger partial charge >= 0.3 is 0 Å². The molecule has 17 heavy (non-hydrogen) atoms. The number of fused-ring (bicyclic) bond motifs is 4. The molecule has 0 atom stereocenters. The predicted molar refractivity (Wildman–Crippen MR) is 67.6 cm³/mol. The summed E-state index contributed by atoms with van der Waals surface area (Å²) in [5.74, 6) is 0. The van der Waals surface area contributed by atoms with Crippen LogP contribution >= 0.6 is 11.7 Å². The van der Waals surface area contributed by atoms with Gasteiger partial charge in [-0.25, -0.2) is 4.98 Å². The van der Waals surface area contributed by atoms with E-state index in [1.165, 1.54) is 11.7 Å². The van der Waals surface area contributed by atoms with E-state index >= 15 is 0 Å². The van der Waals surface area contributed by atoms with E-state index in [1.54, 1.807) is 0 Å². The highest BCUT2D eigenvalue weighted by Gasteiger charge is 2.19. The van der Waals surface area contributed by atoms with E-state index in [4.69, 9.17) is 0 Å². The second-order valence-corrected chi connectivity index (χ2v) is 4.93. The summed E-state index contributed by atoms with van der Waals surface area (Å²) in [5.41, 5.74) is 4.56. The van der Waals surface area contributed by atoms with Crippen molar-refractivity contribution >= 4 is 33.7 Å². The average molecular weight is 243 g/mol. The van der Waals surface area contributed by atoms with Crippen LogP contribution in [0.25, 0.3) is 21.9 Å². The maximum Gasteiger partial charge on any atom is 0.193 e. The molecule has 1 N–H and O–H groups in total. The standard InChI is InChI=1S/C12H9N3OS/c16-12-6-2-1-3-8(6)13-10-7(12)4-5-9-11(10)15-17-14-9/h4-5,14H,1-3H2. The molecule has 5 heteroatoms. The fourth-order valence-electron chi connectivity index (χ4n) is 2.56. The van der Waals surface area contributed by atoms with Gasteiger partial charge in [-0.2, -0.15) is 4.37 Å². The molecule has 1 aromatic carbocycles. The molecule has 0 aliphatic heterocycles. The second kappa shape index (κ2) is 3.13. The fraction of sp³-hybridized carbons (Fsp3) is 0.250. The molecule has 1 aliphatic rings. The van der Waals surface area contributed by atoms with Crippen LogP contribution in [0.4, 0.5) is 0 Å². The molecule has 2 heterocycles. The molecule has 84 valence electrons. The number of hydrogen-bond acceptors (Lipinski definition) is 4. The number of nitrogens with one attached hydrogen (secondary N) is 1. The van der Waals surface area contributed by atoms with E-state index < -0.39 is 0 Å². The molecule has 3 aromatic rings. The third-order valence-electron chi connectivity index (χ3n) is 3.40. The Morgan fingerprint density at radius 1 is 1.24 bits per heavy atom. The van der Waals surface area contributed by atoms with Crippen LogP contribution in [0.15, 0.2) is 16.9 Å². The lowest BCUT2D eigenvalue weighted by atomic mass is 10.1. The summed E-state index contributed by atoms with van der Waals surface area (Å²) < 4.78 is 7.39. The summed E-state index contributed by atoms with van der Waals surface area (Å²) in [7, 11) is 0. The predicted octanol–water partition coefficient (Wildman–Crippen LogP) is 2.02. The first kappa shape index (κ1) is 9.30. The van der Waals surface area contributed by atoms with Crippen molar-refractivity contribution in [3.63, 3.8) is 0 Å². The number of benzene rings is 1. The normalized spacial score (nSPS) is 14.6. The zero-order valence-corrected chi connectivity index (χ0v) is 9.80. The summed E-state index contributed by atoms with van der Waals surface area (Å²) in [5, 5.41) is 0.706. The van der Waals surface area contributed by atoms with E-state index in [-0.39, 0.29) is 5.43 Å². The highest BCUT2D eigenvalue weighted by molar-refractivity contribution is 7.00. The van der Waals surface area contributed by atoms with Crippen LogP contribution in [0.2, 0.25) is 0 Å². The first-order valence-corrected chi connectivity index (χ1v) is 6.40. The first-order valence-electron chi connectivity index (χ1n) is 5.63. The highest BCUT2D eigenvalue weighted by atomic mass is 32.1. The zero-order valence-electron chi connectivity index (χ0n) is 8.99. The van der Waals surface area contributed by atoms with E-state index in [2.05, 4.69) is 13.7 Å². The first-order chi connectivity index (χ1) is 8.34. The number of aryl methyl sites for hydroxylation is 1. The SMILES string of the molecule is O=c1c2c(nc3c1ccc1[nH]snc13)CCC2. The fourth-order valence-corrected chi connectivity index (χ4v) is 3.15. The minimum Gasteiger partial charge on any atom is -0.293 e. The van der Waals surface area contributed by atoms with Crippen molar-refractivity contribution in [1.29, 1.82) is 0 Å². The Kier molecular flexibility index (Phi) is 1.71. The third kappa shape index (κ3) is 1.14. The van der Waals surface area contributed by atoms with Crippen molar-refractivity contribution in [1.82, 2.24) is 13.7 Å². The topological polar surface area (TPSA) is 58.6 Å². The van der Waals surface area contributed by atoms with Crippen LogP contribution in [0.3, 0.4) is 0 Å². The third-order valence-corrected chi connectivity index (χ3v) is 3.98. The number of pyridine rings is 1. The molecule has 0 spiro atoms. The van der Waals surface area contributed by atoms with E-state index in [1.807, 2.05) is 12.1 Å². The lowest BCUT2D eigenvalue weighted by Gasteiger charge is -2.01. The van der Waals surface area contributed by atoms with Gasteiger partial charge in [0.25, 0.3) is 0 Å². The van der Waals surface area contributed by atoms with Crippen molar-refractivity contribution < 1.29 is 0 Å². The van der Waals surface area contributed by atoms with Crippen LogP contribution in [0.1, 0.15) is 17.7 Å². The lowest BCUT2D eigenvalue weighted by molar-refractivity contribution is 0.900. The molecule has 0 unspecified atom stereocenters. The zero-order chi connectivity index (χ0) is 11.4. The molecule has 4 nitrogen and oxygen atoms in total. The molecule has 0 amide bonds. The van der Waals surface area contributed by atoms with Gasteiger partial charge in [0.05, 0.1) is 10.9 Å². The Labute approximate surface area is 101 Å². The average Bonchev–Trinajstić information content (AvgIpc) is 2.96. The Balaban J connectivity index is 2.29. The van der Waals surface area contributed by atoms with Gasteiger partial charge in [-0.05, 0) is 31.4 Å². The van der Waals surface area contributed by atoms with Gasteiger partial charge in [0.2, 0.25) is 0 Å². The molecule has 0 fully saturated rings. The molecule has 0 bridgehead atoms. The van der Waals surface area contributed by atoms with Crippen molar-refractivity contribution in [3.8, 4) is 0 Å². The molecular formula is C12H9N3OS. The van der Waals surface area contributed by atoms with Crippen molar-refractivity contribution in [2.75, 3.05) is 0 Å². The van der Waals surface area contributed by atoms with Gasteiger partial charge in [0.1, 0.15) is 11.0 Å². The summed E-state index contributed by atoms with van der Waals surface area (Å²) in [6.07, 6.45) is 2.84. The van der Waals surface area contributed by atoms with Gasteiger partial charge in [0.15, 0.2) is 5.43 Å². The van der Waals surface area contributed by atoms with Crippen molar-refractivity contribution in [2.24, 2.45) is 0 Å². The molecule has 1 aliphatic carbocycles. The molecule has 0 radical (unpaired) electrons. The van der Waals surface area contributed by atoms with Crippen molar-refractivity contribution in [2.45, 2.75) is 19.3 Å². The summed E-state index contributed by atoms with van der Waals surface area (Å²) in [6, 6.07) is 3.77. The smallest absolute Gasteiger partial charge is 0.193 e. The minimum absolute atomic E-state index is 0.150. The second-order valence-electron chi connectivity index (χ2n) is 4.36. The van der Waals surface area contributed by atoms with Crippen LogP contribution in [0.5, 0.6) is 0 Å². The van der Waals surface area contributed by atoms with Crippen LogP contribution in [-0.2, 0) is 12.8 Å². The summed E-state index contributed by atoms with van der Waals surface area (Å²) >= 11 is 1.29. The number of aromatic amines is 1. The highest BCUT2D eigenvalue weighted by Crippen LogP contribution is 2.24. The van der Waals surface area contributed by atoms with E-state index in [9.17, 15) is 4.79 Å². The number of H-pyrrole nitrogens is 1. The van der Waals surface area contributed by atoms with Gasteiger partial charge < -0.3 is 0 Å². The maximum absolute atomic E-state index is 12.3. The Bertz CT molecular complexity index is 802. The molecular weight excluding hydrogens is 234 g/mol. The van der Waals surface area contributed by atoms with Crippen LogP contribution < -0.4 is 5.43 Å². The number of hydrogen-bond donors (Lipinski definition) is 1. The van der Waals surface area contributed by atoms with Crippen LogP contribution in [0, 0.1) is 0 Å². The van der Waals surface area contributed by atoms with Crippen LogP contribution in [-0.4, -0.2) is 13.7 Å². The Hall–Kier alpha value is -1.75. The molecule has 4 rings (SSSR count). The number of nitrogens with zero attached hydrogens (tertiary/aromatic N) is 2. The van der Waals surface area contributed by atoms with E-state index in [0.717, 1.165) is 47.1 Å². The Morgan fingerprint density at radius 3 is 3.12 bits per heavy atom. The Morgan fingerprint density at radius 2 is 2.18 bits per heavy atom. The van der Waals surface area contributed by atoms with Crippen molar-refractivity contribution in [3.05, 3.63) is 33.6 Å². The monoisotopic (exact) mass is 243 g/mol. The number of rotatable bonds is 0. The molecule has 0 saturated heterocycles. The number of aromatic nitrogens is 3. The lowest BCUT2D eigenvalue weighted by Crippen LogP contribution is -2.10.